The van der Waals surface area contributed by atoms with Crippen molar-refractivity contribution in [2.75, 3.05) is 6.54 Å². The molecule has 0 fully saturated rings. The summed E-state index contributed by atoms with van der Waals surface area (Å²) in [6.45, 7) is 6.19. The van der Waals surface area contributed by atoms with Crippen LogP contribution in [-0.4, -0.2) is 12.6 Å². The molecule has 0 amide bonds. The van der Waals surface area contributed by atoms with Gasteiger partial charge in [-0.05, 0) is 11.5 Å². The van der Waals surface area contributed by atoms with Crippen LogP contribution in [0.4, 0.5) is 0 Å². The Hall–Kier alpha value is -0.860. The normalized spacial score (nSPS) is 14.9. The van der Waals surface area contributed by atoms with Crippen LogP contribution in [0.5, 0.6) is 0 Å². The minimum atomic E-state index is 0.263. The third kappa shape index (κ3) is 4.45. The van der Waals surface area contributed by atoms with E-state index in [9.17, 15) is 0 Å². The zero-order valence-electron chi connectivity index (χ0n) is 9.74. The molecule has 1 aromatic carbocycles. The first kappa shape index (κ1) is 12.2. The van der Waals surface area contributed by atoms with E-state index in [0.717, 1.165) is 19.5 Å². The van der Waals surface area contributed by atoms with E-state index in [-0.39, 0.29) is 6.04 Å². The number of benzene rings is 1. The number of hydrogen-bond donors (Lipinski definition) is 2. The van der Waals surface area contributed by atoms with Crippen LogP contribution in [0.1, 0.15) is 25.8 Å². The number of nitrogens with two attached hydrogens (primary N) is 1. The molecule has 2 unspecified atom stereocenters. The summed E-state index contributed by atoms with van der Waals surface area (Å²) in [4.78, 5) is 0. The van der Waals surface area contributed by atoms with Crippen LogP contribution in [0.2, 0.25) is 0 Å². The first-order chi connectivity index (χ1) is 7.24. The Balaban J connectivity index is 2.22. The molecule has 2 nitrogen and oxygen atoms in total. The van der Waals surface area contributed by atoms with Gasteiger partial charge in [0.15, 0.2) is 0 Å². The summed E-state index contributed by atoms with van der Waals surface area (Å²) in [5.41, 5.74) is 7.34. The van der Waals surface area contributed by atoms with E-state index in [0.29, 0.717) is 5.92 Å². The molecule has 15 heavy (non-hydrogen) atoms. The van der Waals surface area contributed by atoms with E-state index < -0.39 is 0 Å². The summed E-state index contributed by atoms with van der Waals surface area (Å²) in [5.74, 6) is 0.591. The molecule has 2 atom stereocenters. The van der Waals surface area contributed by atoms with E-state index >= 15 is 0 Å². The fraction of sp³-hybridized carbons (Fsp3) is 0.538. The van der Waals surface area contributed by atoms with Crippen molar-refractivity contribution >= 4 is 0 Å². The fourth-order valence-electron chi connectivity index (χ4n) is 1.48. The van der Waals surface area contributed by atoms with Gasteiger partial charge in [0.2, 0.25) is 0 Å². The van der Waals surface area contributed by atoms with Crippen molar-refractivity contribution in [3.63, 3.8) is 0 Å². The van der Waals surface area contributed by atoms with Crippen LogP contribution in [-0.2, 0) is 6.54 Å². The van der Waals surface area contributed by atoms with Gasteiger partial charge in [-0.3, -0.25) is 0 Å². The Morgan fingerprint density at radius 2 is 1.93 bits per heavy atom. The molecule has 0 radical (unpaired) electrons. The van der Waals surface area contributed by atoms with Crippen LogP contribution in [0, 0.1) is 5.92 Å². The maximum absolute atomic E-state index is 6.03. The molecular formula is C13H22N2. The molecule has 0 heterocycles. The highest BCUT2D eigenvalue weighted by Crippen LogP contribution is 2.04. The first-order valence-electron chi connectivity index (χ1n) is 5.74. The molecule has 0 aliphatic heterocycles. The van der Waals surface area contributed by atoms with Crippen molar-refractivity contribution in [3.05, 3.63) is 35.9 Å². The van der Waals surface area contributed by atoms with Crippen molar-refractivity contribution in [1.82, 2.24) is 5.32 Å². The molecular weight excluding hydrogens is 184 g/mol. The second kappa shape index (κ2) is 6.59. The summed E-state index contributed by atoms with van der Waals surface area (Å²) in [6, 6.07) is 10.7. The zero-order valence-corrected chi connectivity index (χ0v) is 9.74. The Morgan fingerprint density at radius 3 is 2.53 bits per heavy atom. The Kier molecular flexibility index (Phi) is 5.37. The molecule has 0 saturated heterocycles. The number of rotatable bonds is 6. The predicted octanol–water partition coefficient (Wildman–Crippen LogP) is 2.15. The first-order valence-corrected chi connectivity index (χ1v) is 5.74. The fourth-order valence-corrected chi connectivity index (χ4v) is 1.48. The average molecular weight is 206 g/mol. The minimum Gasteiger partial charge on any atom is -0.326 e. The van der Waals surface area contributed by atoms with Gasteiger partial charge in [-0.25, -0.2) is 0 Å². The van der Waals surface area contributed by atoms with Crippen molar-refractivity contribution < 1.29 is 0 Å². The van der Waals surface area contributed by atoms with Gasteiger partial charge in [0, 0.05) is 19.1 Å². The zero-order chi connectivity index (χ0) is 11.1. The molecule has 0 aliphatic carbocycles. The second-order valence-electron chi connectivity index (χ2n) is 4.17. The van der Waals surface area contributed by atoms with Gasteiger partial charge in [0.1, 0.15) is 0 Å². The Morgan fingerprint density at radius 1 is 1.27 bits per heavy atom. The highest BCUT2D eigenvalue weighted by Gasteiger charge is 2.09. The Labute approximate surface area is 92.9 Å². The molecule has 0 spiro atoms. The van der Waals surface area contributed by atoms with E-state index in [2.05, 4.69) is 43.4 Å². The van der Waals surface area contributed by atoms with Gasteiger partial charge in [-0.15, -0.1) is 0 Å². The van der Waals surface area contributed by atoms with E-state index in [1.807, 2.05) is 6.07 Å². The van der Waals surface area contributed by atoms with Gasteiger partial charge in [0.05, 0.1) is 0 Å². The minimum absolute atomic E-state index is 0.263. The lowest BCUT2D eigenvalue weighted by Crippen LogP contribution is -2.38. The van der Waals surface area contributed by atoms with E-state index in [4.69, 9.17) is 5.73 Å². The molecule has 0 aliphatic rings. The highest BCUT2D eigenvalue weighted by molar-refractivity contribution is 5.14. The summed E-state index contributed by atoms with van der Waals surface area (Å²) in [5, 5.41) is 3.39. The highest BCUT2D eigenvalue weighted by atomic mass is 14.9. The standard InChI is InChI=1S/C13H22N2/c1-3-11(2)13(14)10-15-9-12-7-5-4-6-8-12/h4-8,11,13,15H,3,9-10,14H2,1-2H3. The molecule has 3 N–H and O–H groups in total. The molecule has 84 valence electrons. The van der Waals surface area contributed by atoms with Crippen molar-refractivity contribution in [1.29, 1.82) is 0 Å². The average Bonchev–Trinajstić information content (AvgIpc) is 2.29. The second-order valence-corrected chi connectivity index (χ2v) is 4.17. The molecule has 0 saturated carbocycles. The molecule has 2 heteroatoms. The lowest BCUT2D eigenvalue weighted by molar-refractivity contribution is 0.418. The van der Waals surface area contributed by atoms with Crippen LogP contribution < -0.4 is 11.1 Å². The molecule has 0 bridgehead atoms. The van der Waals surface area contributed by atoms with Crippen molar-refractivity contribution in [2.24, 2.45) is 11.7 Å². The Bertz CT molecular complexity index is 258. The van der Waals surface area contributed by atoms with Gasteiger partial charge in [-0.1, -0.05) is 50.6 Å². The summed E-state index contributed by atoms with van der Waals surface area (Å²) in [7, 11) is 0. The summed E-state index contributed by atoms with van der Waals surface area (Å²) < 4.78 is 0. The van der Waals surface area contributed by atoms with Gasteiger partial charge < -0.3 is 11.1 Å². The molecule has 1 aromatic rings. The van der Waals surface area contributed by atoms with E-state index in [1.54, 1.807) is 0 Å². The maximum atomic E-state index is 6.03. The summed E-state index contributed by atoms with van der Waals surface area (Å²) >= 11 is 0. The van der Waals surface area contributed by atoms with Crippen molar-refractivity contribution in [3.8, 4) is 0 Å². The van der Waals surface area contributed by atoms with Crippen LogP contribution in [0.15, 0.2) is 30.3 Å². The quantitative estimate of drug-likeness (QED) is 0.748. The van der Waals surface area contributed by atoms with Crippen molar-refractivity contribution in [2.45, 2.75) is 32.9 Å². The van der Waals surface area contributed by atoms with Crippen LogP contribution >= 0.6 is 0 Å². The lowest BCUT2D eigenvalue weighted by atomic mass is 10.0. The van der Waals surface area contributed by atoms with Gasteiger partial charge >= 0.3 is 0 Å². The van der Waals surface area contributed by atoms with Gasteiger partial charge in [-0.2, -0.15) is 0 Å². The lowest BCUT2D eigenvalue weighted by Gasteiger charge is -2.18. The SMILES string of the molecule is CCC(C)C(N)CNCc1ccccc1. The topological polar surface area (TPSA) is 38.0 Å². The molecule has 1 rings (SSSR count). The third-order valence-electron chi connectivity index (χ3n) is 2.93. The number of nitrogens with one attached hydrogen (secondary N) is 1. The van der Waals surface area contributed by atoms with Gasteiger partial charge in [0.25, 0.3) is 0 Å². The molecule has 0 aromatic heterocycles. The predicted molar refractivity (Wildman–Crippen MR) is 65.6 cm³/mol. The van der Waals surface area contributed by atoms with Crippen LogP contribution in [0.3, 0.4) is 0 Å². The largest absolute Gasteiger partial charge is 0.326 e. The van der Waals surface area contributed by atoms with Crippen LogP contribution in [0.25, 0.3) is 0 Å². The van der Waals surface area contributed by atoms with E-state index in [1.165, 1.54) is 5.56 Å². The summed E-state index contributed by atoms with van der Waals surface area (Å²) in [6.07, 6.45) is 1.15. The monoisotopic (exact) mass is 206 g/mol. The number of hydrogen-bond acceptors (Lipinski definition) is 2. The maximum Gasteiger partial charge on any atom is 0.0206 e. The third-order valence-corrected chi connectivity index (χ3v) is 2.93. The smallest absolute Gasteiger partial charge is 0.0206 e.